The Balaban J connectivity index is 1.70. The van der Waals surface area contributed by atoms with Gasteiger partial charge in [0, 0.05) is 17.7 Å². The van der Waals surface area contributed by atoms with Gasteiger partial charge in [-0.2, -0.15) is 5.10 Å². The molecule has 1 aromatic rings. The summed E-state index contributed by atoms with van der Waals surface area (Å²) in [4.78, 5) is 24.4. The number of hydrogen-bond donors (Lipinski definition) is 3. The number of thiophene rings is 1. The Morgan fingerprint density at radius 3 is 2.86 bits per heavy atom. The molecular formula is C14H17N3O3S. The summed E-state index contributed by atoms with van der Waals surface area (Å²) < 4.78 is 0. The van der Waals surface area contributed by atoms with Crippen molar-refractivity contribution in [1.29, 1.82) is 0 Å². The highest BCUT2D eigenvalue weighted by Crippen LogP contribution is 2.39. The SMILES string of the molecule is O=C1CCC(C(=O)N[C@H](c2cccs2)C2CC(O)C2)=NN1. The van der Waals surface area contributed by atoms with E-state index >= 15 is 0 Å². The van der Waals surface area contributed by atoms with Crippen LogP contribution in [-0.4, -0.2) is 28.7 Å². The van der Waals surface area contributed by atoms with Crippen molar-refractivity contribution in [3.8, 4) is 0 Å². The molecule has 6 nitrogen and oxygen atoms in total. The number of carbonyl (C=O) groups excluding carboxylic acids is 2. The lowest BCUT2D eigenvalue weighted by molar-refractivity contribution is -0.121. The summed E-state index contributed by atoms with van der Waals surface area (Å²) in [6.07, 6.45) is 1.79. The van der Waals surface area contributed by atoms with Gasteiger partial charge in [0.2, 0.25) is 5.91 Å². The number of nitrogens with zero attached hydrogens (tertiary/aromatic N) is 1. The average molecular weight is 307 g/mol. The summed E-state index contributed by atoms with van der Waals surface area (Å²) in [6.45, 7) is 0. The van der Waals surface area contributed by atoms with Crippen LogP contribution >= 0.6 is 11.3 Å². The van der Waals surface area contributed by atoms with Crippen molar-refractivity contribution >= 4 is 28.9 Å². The smallest absolute Gasteiger partial charge is 0.268 e. The molecule has 112 valence electrons. The molecule has 3 N–H and O–H groups in total. The van der Waals surface area contributed by atoms with Gasteiger partial charge in [0.15, 0.2) is 0 Å². The van der Waals surface area contributed by atoms with Crippen LogP contribution in [0.4, 0.5) is 0 Å². The maximum absolute atomic E-state index is 12.3. The van der Waals surface area contributed by atoms with Gasteiger partial charge in [-0.15, -0.1) is 11.3 Å². The van der Waals surface area contributed by atoms with Gasteiger partial charge in [-0.05, 0) is 30.2 Å². The molecule has 1 saturated carbocycles. The lowest BCUT2D eigenvalue weighted by Crippen LogP contribution is -2.44. The van der Waals surface area contributed by atoms with E-state index in [0.29, 0.717) is 25.0 Å². The Morgan fingerprint density at radius 2 is 2.29 bits per heavy atom. The van der Waals surface area contributed by atoms with Crippen molar-refractivity contribution < 1.29 is 14.7 Å². The number of nitrogens with one attached hydrogen (secondary N) is 2. The lowest BCUT2D eigenvalue weighted by atomic mass is 9.76. The van der Waals surface area contributed by atoms with Gasteiger partial charge < -0.3 is 10.4 Å². The van der Waals surface area contributed by atoms with Gasteiger partial charge in [0.05, 0.1) is 12.1 Å². The maximum atomic E-state index is 12.3. The first-order valence-electron chi connectivity index (χ1n) is 7.01. The minimum Gasteiger partial charge on any atom is -0.393 e. The van der Waals surface area contributed by atoms with Gasteiger partial charge in [0.1, 0.15) is 5.71 Å². The van der Waals surface area contributed by atoms with Crippen molar-refractivity contribution in [3.63, 3.8) is 0 Å². The zero-order valence-electron chi connectivity index (χ0n) is 11.4. The molecule has 2 amide bonds. The molecule has 7 heteroatoms. The molecule has 1 fully saturated rings. The predicted molar refractivity (Wildman–Crippen MR) is 78.7 cm³/mol. The molecule has 1 aliphatic carbocycles. The minimum atomic E-state index is -0.263. The maximum Gasteiger partial charge on any atom is 0.268 e. The van der Waals surface area contributed by atoms with Crippen LogP contribution in [0.15, 0.2) is 22.6 Å². The van der Waals surface area contributed by atoms with E-state index in [1.807, 2.05) is 17.5 Å². The molecular weight excluding hydrogens is 290 g/mol. The Hall–Kier alpha value is -1.73. The van der Waals surface area contributed by atoms with Gasteiger partial charge in [-0.1, -0.05) is 6.07 Å². The fourth-order valence-electron chi connectivity index (χ4n) is 2.65. The van der Waals surface area contributed by atoms with Gasteiger partial charge in [0.25, 0.3) is 5.91 Å². The van der Waals surface area contributed by atoms with E-state index in [-0.39, 0.29) is 36.3 Å². The highest BCUT2D eigenvalue weighted by Gasteiger charge is 2.36. The van der Waals surface area contributed by atoms with E-state index in [4.69, 9.17) is 0 Å². The van der Waals surface area contributed by atoms with E-state index in [0.717, 1.165) is 4.88 Å². The molecule has 3 rings (SSSR count). The predicted octanol–water partition coefficient (Wildman–Crippen LogP) is 0.942. The van der Waals surface area contributed by atoms with E-state index in [1.165, 1.54) is 0 Å². The van der Waals surface area contributed by atoms with E-state index in [9.17, 15) is 14.7 Å². The third-order valence-corrected chi connectivity index (χ3v) is 4.88. The topological polar surface area (TPSA) is 90.8 Å². The van der Waals surface area contributed by atoms with Gasteiger partial charge in [-0.3, -0.25) is 9.59 Å². The number of amides is 2. The molecule has 1 aromatic heterocycles. The summed E-state index contributed by atoms with van der Waals surface area (Å²) in [7, 11) is 0. The van der Waals surface area contributed by atoms with Crippen LogP contribution in [0.1, 0.15) is 36.6 Å². The molecule has 1 aliphatic heterocycles. The summed E-state index contributed by atoms with van der Waals surface area (Å²) in [5.41, 5.74) is 2.69. The van der Waals surface area contributed by atoms with Crippen LogP contribution in [0.2, 0.25) is 0 Å². The largest absolute Gasteiger partial charge is 0.393 e. The van der Waals surface area contributed by atoms with Crippen molar-refractivity contribution in [2.75, 3.05) is 0 Å². The molecule has 0 saturated heterocycles. The molecule has 21 heavy (non-hydrogen) atoms. The van der Waals surface area contributed by atoms with Crippen LogP contribution in [0.5, 0.6) is 0 Å². The first kappa shape index (κ1) is 14.2. The van der Waals surface area contributed by atoms with Crippen LogP contribution in [-0.2, 0) is 9.59 Å². The second-order valence-electron chi connectivity index (χ2n) is 5.45. The molecule has 2 aliphatic rings. The van der Waals surface area contributed by atoms with Crippen LogP contribution < -0.4 is 10.7 Å². The third-order valence-electron chi connectivity index (χ3n) is 3.92. The number of hydrogen-bond acceptors (Lipinski definition) is 5. The average Bonchev–Trinajstić information content (AvgIpc) is 2.96. The first-order chi connectivity index (χ1) is 10.1. The number of aliphatic hydroxyl groups is 1. The van der Waals surface area contributed by atoms with E-state index in [2.05, 4.69) is 15.8 Å². The molecule has 2 heterocycles. The molecule has 0 aromatic carbocycles. The zero-order valence-corrected chi connectivity index (χ0v) is 12.2. The molecule has 0 spiro atoms. The van der Waals surface area contributed by atoms with Gasteiger partial charge >= 0.3 is 0 Å². The second-order valence-corrected chi connectivity index (χ2v) is 6.42. The van der Waals surface area contributed by atoms with Crippen molar-refractivity contribution in [2.24, 2.45) is 11.0 Å². The van der Waals surface area contributed by atoms with Crippen LogP contribution in [0.25, 0.3) is 0 Å². The monoisotopic (exact) mass is 307 g/mol. The Kier molecular flexibility index (Phi) is 4.03. The zero-order chi connectivity index (χ0) is 14.8. The number of carbonyl (C=O) groups is 2. The molecule has 0 bridgehead atoms. The van der Waals surface area contributed by atoms with E-state index in [1.54, 1.807) is 11.3 Å². The quantitative estimate of drug-likeness (QED) is 0.773. The molecule has 0 unspecified atom stereocenters. The minimum absolute atomic E-state index is 0.0961. The Morgan fingerprint density at radius 1 is 1.48 bits per heavy atom. The van der Waals surface area contributed by atoms with Crippen molar-refractivity contribution in [1.82, 2.24) is 10.7 Å². The van der Waals surface area contributed by atoms with Crippen molar-refractivity contribution in [3.05, 3.63) is 22.4 Å². The fourth-order valence-corrected chi connectivity index (χ4v) is 3.52. The highest BCUT2D eigenvalue weighted by atomic mass is 32.1. The summed E-state index contributed by atoms with van der Waals surface area (Å²) in [6, 6.07) is 3.85. The third kappa shape index (κ3) is 3.14. The number of aliphatic hydroxyl groups excluding tert-OH is 1. The second kappa shape index (κ2) is 5.95. The molecule has 0 radical (unpaired) electrons. The lowest BCUT2D eigenvalue weighted by Gasteiger charge is -2.37. The summed E-state index contributed by atoms with van der Waals surface area (Å²) in [5.74, 6) is -0.153. The highest BCUT2D eigenvalue weighted by molar-refractivity contribution is 7.10. The Bertz CT molecular complexity index is 564. The molecule has 1 atom stereocenters. The van der Waals surface area contributed by atoms with Crippen molar-refractivity contribution in [2.45, 2.75) is 37.8 Å². The fraction of sp³-hybridized carbons (Fsp3) is 0.500. The van der Waals surface area contributed by atoms with Gasteiger partial charge in [-0.25, -0.2) is 5.43 Å². The van der Waals surface area contributed by atoms with Crippen LogP contribution in [0, 0.1) is 5.92 Å². The van der Waals surface area contributed by atoms with Crippen LogP contribution in [0.3, 0.4) is 0 Å². The normalized spacial score (nSPS) is 26.3. The first-order valence-corrected chi connectivity index (χ1v) is 7.89. The number of hydrazone groups is 1. The number of rotatable bonds is 4. The van der Waals surface area contributed by atoms with E-state index < -0.39 is 0 Å². The summed E-state index contributed by atoms with van der Waals surface area (Å²) in [5, 5.41) is 18.3. The standard InChI is InChI=1S/C14H17N3O3S/c18-9-6-8(7-9)13(11-2-1-5-21-11)15-14(20)10-3-4-12(19)17-16-10/h1-2,5,8-9,13,18H,3-4,6-7H2,(H,15,20)(H,17,19)/t8?,9?,13-/m0/s1. The Labute approximate surface area is 126 Å². The summed E-state index contributed by atoms with van der Waals surface area (Å²) >= 11 is 1.59.